The first-order valence-electron chi connectivity index (χ1n) is 12.8. The van der Waals surface area contributed by atoms with Crippen molar-refractivity contribution in [3.8, 4) is 17.9 Å². The molecule has 35 heavy (non-hydrogen) atoms. The van der Waals surface area contributed by atoms with Gasteiger partial charge in [0.05, 0.1) is 24.9 Å². The molecular weight excluding hydrogens is 468 g/mol. The van der Waals surface area contributed by atoms with Crippen molar-refractivity contribution in [1.82, 2.24) is 0 Å². The molecule has 0 spiro atoms. The van der Waals surface area contributed by atoms with Gasteiger partial charge in [-0.3, -0.25) is 4.52 Å². The summed E-state index contributed by atoms with van der Waals surface area (Å²) in [5, 5.41) is 8.81. The summed E-state index contributed by atoms with van der Waals surface area (Å²) < 4.78 is 35.0. The van der Waals surface area contributed by atoms with E-state index in [-0.39, 0.29) is 25.2 Å². The summed E-state index contributed by atoms with van der Waals surface area (Å²) >= 11 is 0. The van der Waals surface area contributed by atoms with E-state index in [1.807, 2.05) is 0 Å². The zero-order valence-electron chi connectivity index (χ0n) is 21.0. The normalized spacial score (nSPS) is 12.1. The van der Waals surface area contributed by atoms with E-state index >= 15 is 0 Å². The van der Waals surface area contributed by atoms with Crippen LogP contribution in [0.5, 0.6) is 0 Å². The van der Waals surface area contributed by atoms with Gasteiger partial charge in [-0.15, -0.1) is 11.8 Å². The van der Waals surface area contributed by atoms with Crippen molar-refractivity contribution in [2.45, 2.75) is 110 Å². The molecule has 6 nitrogen and oxygen atoms in total. The van der Waals surface area contributed by atoms with E-state index in [1.54, 1.807) is 12.1 Å². The Hall–Kier alpha value is -1.73. The first-order valence-corrected chi connectivity index (χ1v) is 14.3. The molecule has 0 radical (unpaired) electrons. The minimum Gasteiger partial charge on any atom is -0.370 e. The first-order chi connectivity index (χ1) is 16.9. The second-order valence-corrected chi connectivity index (χ2v) is 10.1. The lowest BCUT2D eigenvalue weighted by Gasteiger charge is -2.16. The number of hydrogen-bond acceptors (Lipinski definition) is 4. The monoisotopic (exact) mass is 509 g/mol. The number of phosphoric acid groups is 1. The van der Waals surface area contributed by atoms with Crippen LogP contribution in [0, 0.1) is 29.0 Å². The predicted octanol–water partition coefficient (Wildman–Crippen LogP) is 7.18. The highest BCUT2D eigenvalue weighted by Crippen LogP contribution is 2.36. The standard InChI is InChI=1S/C27H41FNO5P/c1-2-3-4-5-6-7-8-9-10-11-12-13-14-15-16-17-26(23-34-35(30,31)32)33-22-24-18-19-25(21-29)27(28)20-24/h18-20,26H,2-14,17,22-23H2,1H3,(H2,30,31,32). The summed E-state index contributed by atoms with van der Waals surface area (Å²) in [5.41, 5.74) is 0.450. The van der Waals surface area contributed by atoms with Gasteiger partial charge in [0.2, 0.25) is 0 Å². The summed E-state index contributed by atoms with van der Waals surface area (Å²) in [6.45, 7) is 1.93. The van der Waals surface area contributed by atoms with Crippen molar-refractivity contribution in [2.24, 2.45) is 0 Å². The van der Waals surface area contributed by atoms with Crippen LogP contribution in [-0.2, 0) is 20.4 Å². The molecule has 0 aliphatic heterocycles. The van der Waals surface area contributed by atoms with Crippen LogP contribution in [0.4, 0.5) is 4.39 Å². The maximum atomic E-state index is 13.8. The molecule has 1 rings (SSSR count). The number of nitrogens with zero attached hydrogens (tertiary/aromatic N) is 1. The van der Waals surface area contributed by atoms with Gasteiger partial charge in [0.15, 0.2) is 0 Å². The number of unbranched alkanes of at least 4 members (excludes halogenated alkanes) is 12. The molecule has 1 unspecified atom stereocenters. The van der Waals surface area contributed by atoms with Crippen LogP contribution in [0.15, 0.2) is 18.2 Å². The molecule has 1 aromatic carbocycles. The maximum absolute atomic E-state index is 13.8. The highest BCUT2D eigenvalue weighted by atomic mass is 31.2. The number of hydrogen-bond donors (Lipinski definition) is 2. The zero-order chi connectivity index (χ0) is 25.8. The van der Waals surface area contributed by atoms with Crippen molar-refractivity contribution >= 4 is 7.82 Å². The lowest BCUT2D eigenvalue weighted by Crippen LogP contribution is -2.19. The van der Waals surface area contributed by atoms with Gasteiger partial charge >= 0.3 is 7.82 Å². The SMILES string of the molecule is CCCCCCCCCCCCCCC#CCC(COP(=O)(O)O)OCc1ccc(C#N)c(F)c1. The highest BCUT2D eigenvalue weighted by molar-refractivity contribution is 7.46. The van der Waals surface area contributed by atoms with Gasteiger partial charge in [0.25, 0.3) is 0 Å². The molecule has 0 amide bonds. The van der Waals surface area contributed by atoms with Crippen molar-refractivity contribution in [2.75, 3.05) is 6.61 Å². The lowest BCUT2D eigenvalue weighted by molar-refractivity contribution is 0.00525. The number of benzene rings is 1. The van der Waals surface area contributed by atoms with Crippen LogP contribution in [0.3, 0.4) is 0 Å². The number of nitriles is 1. The zero-order valence-corrected chi connectivity index (χ0v) is 21.9. The molecule has 1 atom stereocenters. The molecule has 0 fully saturated rings. The second kappa shape index (κ2) is 19.5. The quantitative estimate of drug-likeness (QED) is 0.116. The highest BCUT2D eigenvalue weighted by Gasteiger charge is 2.18. The van der Waals surface area contributed by atoms with Crippen LogP contribution in [-0.4, -0.2) is 22.5 Å². The summed E-state index contributed by atoms with van der Waals surface area (Å²) in [7, 11) is -4.63. The van der Waals surface area contributed by atoms with Crippen molar-refractivity contribution in [1.29, 1.82) is 5.26 Å². The molecule has 0 aliphatic rings. The van der Waals surface area contributed by atoms with Gasteiger partial charge in [-0.2, -0.15) is 5.26 Å². The van der Waals surface area contributed by atoms with Crippen LogP contribution in [0.2, 0.25) is 0 Å². The molecule has 2 N–H and O–H groups in total. The number of ether oxygens (including phenoxy) is 1. The minimum absolute atomic E-state index is 0.0121. The summed E-state index contributed by atoms with van der Waals surface area (Å²) in [6.07, 6.45) is 15.8. The third-order valence-electron chi connectivity index (χ3n) is 5.68. The molecule has 1 aromatic rings. The van der Waals surface area contributed by atoms with E-state index in [4.69, 9.17) is 19.8 Å². The van der Waals surface area contributed by atoms with Crippen LogP contribution < -0.4 is 0 Å². The first kappa shape index (κ1) is 31.3. The van der Waals surface area contributed by atoms with Crippen molar-refractivity contribution < 1.29 is 28.0 Å². The van der Waals surface area contributed by atoms with Crippen LogP contribution in [0.25, 0.3) is 0 Å². The average molecular weight is 510 g/mol. The summed E-state index contributed by atoms with van der Waals surface area (Å²) in [6, 6.07) is 5.90. The van der Waals surface area contributed by atoms with Crippen molar-refractivity contribution in [3.05, 3.63) is 35.1 Å². The lowest BCUT2D eigenvalue weighted by atomic mass is 10.0. The van der Waals surface area contributed by atoms with E-state index in [2.05, 4.69) is 23.3 Å². The molecule has 0 aromatic heterocycles. The summed E-state index contributed by atoms with van der Waals surface area (Å²) in [5.74, 6) is 5.46. The Morgan fingerprint density at radius 2 is 1.57 bits per heavy atom. The van der Waals surface area contributed by atoms with E-state index in [1.165, 1.54) is 76.3 Å². The van der Waals surface area contributed by atoms with Gasteiger partial charge in [0, 0.05) is 12.8 Å². The fourth-order valence-corrected chi connectivity index (χ4v) is 3.99. The van der Waals surface area contributed by atoms with Crippen LogP contribution >= 0.6 is 7.82 Å². The topological polar surface area (TPSA) is 99.8 Å². The number of halogens is 1. The van der Waals surface area contributed by atoms with Gasteiger partial charge in [-0.1, -0.05) is 83.6 Å². The van der Waals surface area contributed by atoms with E-state index in [9.17, 15) is 8.96 Å². The Morgan fingerprint density at radius 3 is 2.11 bits per heavy atom. The number of rotatable bonds is 19. The molecule has 0 saturated carbocycles. The van der Waals surface area contributed by atoms with Gasteiger partial charge < -0.3 is 14.5 Å². The third kappa shape index (κ3) is 17.4. The Balaban J connectivity index is 2.26. The van der Waals surface area contributed by atoms with Gasteiger partial charge in [-0.25, -0.2) is 8.96 Å². The number of phosphoric ester groups is 1. The van der Waals surface area contributed by atoms with Crippen molar-refractivity contribution in [3.63, 3.8) is 0 Å². The molecular formula is C27H41FNO5P. The molecule has 0 aliphatic carbocycles. The Labute approximate surface area is 210 Å². The van der Waals surface area contributed by atoms with E-state index in [0.717, 1.165) is 19.3 Å². The predicted molar refractivity (Wildman–Crippen MR) is 136 cm³/mol. The van der Waals surface area contributed by atoms with Gasteiger partial charge in [-0.05, 0) is 24.1 Å². The van der Waals surface area contributed by atoms with E-state index in [0.29, 0.717) is 5.56 Å². The molecule has 8 heteroatoms. The van der Waals surface area contributed by atoms with Gasteiger partial charge in [0.1, 0.15) is 11.9 Å². The Kier molecular flexibility index (Phi) is 17.4. The molecule has 196 valence electrons. The Morgan fingerprint density at radius 1 is 0.971 bits per heavy atom. The minimum atomic E-state index is -4.63. The molecule has 0 heterocycles. The molecule has 0 bridgehead atoms. The smallest absolute Gasteiger partial charge is 0.370 e. The maximum Gasteiger partial charge on any atom is 0.469 e. The fraction of sp³-hybridized carbons (Fsp3) is 0.667. The third-order valence-corrected chi connectivity index (χ3v) is 6.16. The average Bonchev–Trinajstić information content (AvgIpc) is 2.82. The Bertz CT molecular complexity index is 855. The summed E-state index contributed by atoms with van der Waals surface area (Å²) in [4.78, 5) is 17.9. The fourth-order valence-electron chi connectivity index (χ4n) is 3.63. The molecule has 0 saturated heterocycles. The second-order valence-electron chi connectivity index (χ2n) is 8.84. The largest absolute Gasteiger partial charge is 0.469 e. The van der Waals surface area contributed by atoms with E-state index < -0.39 is 19.7 Å². The van der Waals surface area contributed by atoms with Crippen LogP contribution in [0.1, 0.15) is 108 Å².